The maximum atomic E-state index is 5.22. The highest BCUT2D eigenvalue weighted by Gasteiger charge is 2.14. The molecule has 0 N–H and O–H groups in total. The van der Waals surface area contributed by atoms with Gasteiger partial charge in [-0.25, -0.2) is 0 Å². The summed E-state index contributed by atoms with van der Waals surface area (Å²) >= 11 is 0. The Hall–Kier alpha value is -0.0551. The second kappa shape index (κ2) is 3.20. The van der Waals surface area contributed by atoms with Gasteiger partial charge in [0.1, 0.15) is 0 Å². The number of hydrogen-bond donors (Lipinski definition) is 0. The fourth-order valence-corrected chi connectivity index (χ4v) is 0.719. The van der Waals surface area contributed by atoms with Gasteiger partial charge in [0.05, 0.1) is 6.73 Å². The Kier molecular flexibility index (Phi) is 2.51. The van der Waals surface area contributed by atoms with E-state index in [1.807, 2.05) is 13.9 Å². The Morgan fingerprint density at radius 2 is 2.22 bits per heavy atom. The molecule has 1 saturated heterocycles. The molecule has 1 rings (SSSR count). The molecule has 0 aromatic heterocycles. The van der Waals surface area contributed by atoms with Gasteiger partial charge < -0.3 is 9.31 Å². The lowest BCUT2D eigenvalue weighted by molar-refractivity contribution is 0.165. The van der Waals surface area contributed by atoms with Crippen LogP contribution >= 0.6 is 0 Å². The van der Waals surface area contributed by atoms with Crippen molar-refractivity contribution >= 4 is 7.12 Å². The van der Waals surface area contributed by atoms with Gasteiger partial charge in [-0.2, -0.15) is 0 Å². The SMILES string of the molecule is CB1OCCN(C)CO1. The molecule has 0 atom stereocenters. The van der Waals surface area contributed by atoms with Gasteiger partial charge in [0.15, 0.2) is 0 Å². The van der Waals surface area contributed by atoms with Crippen LogP contribution in [0, 0.1) is 0 Å². The van der Waals surface area contributed by atoms with Gasteiger partial charge in [-0.15, -0.1) is 0 Å². The minimum atomic E-state index is -0.0325. The first-order valence-corrected chi connectivity index (χ1v) is 3.21. The summed E-state index contributed by atoms with van der Waals surface area (Å²) in [7, 11) is 1.98. The summed E-state index contributed by atoms with van der Waals surface area (Å²) in [4.78, 5) is 2.09. The molecular formula is C5H12BNO2. The predicted octanol–water partition coefficient (Wildman–Crippen LogP) is 0.0405. The van der Waals surface area contributed by atoms with Crippen molar-refractivity contribution in [3.8, 4) is 0 Å². The van der Waals surface area contributed by atoms with Crippen LogP contribution in [0.1, 0.15) is 0 Å². The van der Waals surface area contributed by atoms with E-state index in [2.05, 4.69) is 4.90 Å². The highest BCUT2D eigenvalue weighted by atomic mass is 16.6. The largest absolute Gasteiger partial charge is 0.454 e. The van der Waals surface area contributed by atoms with Crippen LogP contribution < -0.4 is 0 Å². The average molecular weight is 129 g/mol. The second-order valence-corrected chi connectivity index (χ2v) is 2.31. The smallest absolute Gasteiger partial charge is 0.410 e. The first kappa shape index (κ1) is 7.06. The van der Waals surface area contributed by atoms with Crippen molar-refractivity contribution in [2.45, 2.75) is 6.82 Å². The van der Waals surface area contributed by atoms with Crippen LogP contribution in [0.3, 0.4) is 0 Å². The monoisotopic (exact) mass is 129 g/mol. The Labute approximate surface area is 56.1 Å². The summed E-state index contributed by atoms with van der Waals surface area (Å²) in [6.45, 7) is 4.34. The van der Waals surface area contributed by atoms with E-state index in [0.717, 1.165) is 13.2 Å². The molecule has 4 heteroatoms. The normalized spacial score (nSPS) is 24.0. The lowest BCUT2D eigenvalue weighted by atomic mass is 9.96. The van der Waals surface area contributed by atoms with Crippen LogP contribution in [-0.4, -0.2) is 38.9 Å². The predicted molar refractivity (Wildman–Crippen MR) is 36.2 cm³/mol. The molecule has 0 saturated carbocycles. The van der Waals surface area contributed by atoms with E-state index in [4.69, 9.17) is 9.31 Å². The van der Waals surface area contributed by atoms with Crippen LogP contribution in [0.25, 0.3) is 0 Å². The molecule has 0 amide bonds. The fraction of sp³-hybridized carbons (Fsp3) is 1.00. The number of likely N-dealkylation sites (N-methyl/N-ethyl adjacent to an activating group) is 1. The number of rotatable bonds is 0. The standard InChI is InChI=1S/C5H12BNO2/c1-6-8-4-3-7(2)5-9-6/h3-5H2,1-2H3. The van der Waals surface area contributed by atoms with Crippen LogP contribution in [0.5, 0.6) is 0 Å². The Morgan fingerprint density at radius 1 is 1.44 bits per heavy atom. The summed E-state index contributed by atoms with van der Waals surface area (Å²) in [5.74, 6) is 0. The van der Waals surface area contributed by atoms with Gasteiger partial charge in [-0.3, -0.25) is 4.90 Å². The Balaban J connectivity index is 2.25. The Bertz CT molecular complexity index is 81.0. The number of nitrogens with zero attached hydrogens (tertiary/aromatic N) is 1. The molecule has 1 aliphatic rings. The molecule has 0 aliphatic carbocycles. The molecule has 9 heavy (non-hydrogen) atoms. The third-order valence-corrected chi connectivity index (χ3v) is 1.36. The van der Waals surface area contributed by atoms with E-state index in [0.29, 0.717) is 6.73 Å². The van der Waals surface area contributed by atoms with Crippen molar-refractivity contribution in [3.63, 3.8) is 0 Å². The highest BCUT2D eigenvalue weighted by molar-refractivity contribution is 6.42. The minimum absolute atomic E-state index is 0.0325. The van der Waals surface area contributed by atoms with E-state index in [9.17, 15) is 0 Å². The second-order valence-electron chi connectivity index (χ2n) is 2.31. The summed E-state index contributed by atoms with van der Waals surface area (Å²) in [6, 6.07) is 0. The van der Waals surface area contributed by atoms with Crippen molar-refractivity contribution in [3.05, 3.63) is 0 Å². The zero-order valence-electron chi connectivity index (χ0n) is 5.96. The van der Waals surface area contributed by atoms with Crippen LogP contribution in [0.2, 0.25) is 6.82 Å². The zero-order chi connectivity index (χ0) is 6.69. The lowest BCUT2D eigenvalue weighted by Crippen LogP contribution is -2.22. The van der Waals surface area contributed by atoms with Gasteiger partial charge in [0, 0.05) is 13.2 Å². The van der Waals surface area contributed by atoms with Gasteiger partial charge in [0.25, 0.3) is 0 Å². The average Bonchev–Trinajstić information content (AvgIpc) is 1.97. The molecular weight excluding hydrogens is 117 g/mol. The van der Waals surface area contributed by atoms with E-state index < -0.39 is 0 Å². The summed E-state index contributed by atoms with van der Waals surface area (Å²) < 4.78 is 10.4. The molecule has 0 spiro atoms. The number of hydrogen-bond acceptors (Lipinski definition) is 3. The third kappa shape index (κ3) is 2.34. The Morgan fingerprint density at radius 3 is 3.00 bits per heavy atom. The topological polar surface area (TPSA) is 21.7 Å². The molecule has 1 aliphatic heterocycles. The fourth-order valence-electron chi connectivity index (χ4n) is 0.719. The van der Waals surface area contributed by atoms with Crippen molar-refractivity contribution in [1.82, 2.24) is 4.90 Å². The van der Waals surface area contributed by atoms with Crippen molar-refractivity contribution in [2.75, 3.05) is 26.9 Å². The van der Waals surface area contributed by atoms with E-state index in [1.165, 1.54) is 0 Å². The van der Waals surface area contributed by atoms with Gasteiger partial charge in [-0.1, -0.05) is 0 Å². The highest BCUT2D eigenvalue weighted by Crippen LogP contribution is 1.96. The maximum Gasteiger partial charge on any atom is 0.454 e. The van der Waals surface area contributed by atoms with Crippen LogP contribution in [0.4, 0.5) is 0 Å². The molecule has 52 valence electrons. The summed E-state index contributed by atoms with van der Waals surface area (Å²) in [6.07, 6.45) is 0. The van der Waals surface area contributed by atoms with E-state index >= 15 is 0 Å². The summed E-state index contributed by atoms with van der Waals surface area (Å²) in [5.41, 5.74) is 0. The molecule has 1 fully saturated rings. The summed E-state index contributed by atoms with van der Waals surface area (Å²) in [5, 5.41) is 0. The molecule has 0 aromatic carbocycles. The molecule has 1 heterocycles. The first-order valence-electron chi connectivity index (χ1n) is 3.21. The van der Waals surface area contributed by atoms with Gasteiger partial charge in [0.2, 0.25) is 0 Å². The van der Waals surface area contributed by atoms with Gasteiger partial charge >= 0.3 is 7.12 Å². The molecule has 0 radical (unpaired) electrons. The van der Waals surface area contributed by atoms with E-state index in [1.54, 1.807) is 0 Å². The molecule has 3 nitrogen and oxygen atoms in total. The minimum Gasteiger partial charge on any atom is -0.410 e. The quantitative estimate of drug-likeness (QED) is 0.431. The van der Waals surface area contributed by atoms with Crippen molar-refractivity contribution < 1.29 is 9.31 Å². The van der Waals surface area contributed by atoms with E-state index in [-0.39, 0.29) is 7.12 Å². The van der Waals surface area contributed by atoms with Crippen molar-refractivity contribution in [2.24, 2.45) is 0 Å². The van der Waals surface area contributed by atoms with Crippen LogP contribution in [-0.2, 0) is 9.31 Å². The molecule has 0 bridgehead atoms. The molecule has 0 unspecified atom stereocenters. The molecule has 0 aromatic rings. The van der Waals surface area contributed by atoms with Crippen LogP contribution in [0.15, 0.2) is 0 Å². The van der Waals surface area contributed by atoms with Crippen molar-refractivity contribution in [1.29, 1.82) is 0 Å². The lowest BCUT2D eigenvalue weighted by Gasteiger charge is -2.10. The van der Waals surface area contributed by atoms with Gasteiger partial charge in [-0.05, 0) is 13.9 Å². The maximum absolute atomic E-state index is 5.22. The zero-order valence-corrected chi connectivity index (χ0v) is 5.96. The third-order valence-electron chi connectivity index (χ3n) is 1.36. The first-order chi connectivity index (χ1) is 4.29.